The maximum absolute atomic E-state index is 14.9. The molecule has 17 heavy (non-hydrogen) atoms. The molecule has 0 aromatic carbocycles. The van der Waals surface area contributed by atoms with E-state index in [0.29, 0.717) is 0 Å². The molecule has 0 radical (unpaired) electrons. The SMILES string of the molecule is BC1C(B)(B)C(B)(B)C(F)(F)C(B)(B)C1(B)B. The number of hydrogen-bond acceptors (Lipinski definition) is 0. The molecule has 0 nitrogen and oxygen atoms in total. The number of halogens is 2. The lowest BCUT2D eigenvalue weighted by molar-refractivity contribution is -0.0685. The van der Waals surface area contributed by atoms with Crippen LogP contribution in [0.1, 0.15) is 0 Å². The van der Waals surface area contributed by atoms with E-state index in [1.54, 1.807) is 31.4 Å². The largest absolute Gasteiger partial charge is 0.230 e. The molecule has 0 N–H and O–H groups in total. The van der Waals surface area contributed by atoms with Crippen molar-refractivity contribution >= 4 is 70.6 Å². The van der Waals surface area contributed by atoms with Gasteiger partial charge in [0.1, 0.15) is 39.2 Å². The smallest absolute Gasteiger partial charge is 0.209 e. The predicted octanol–water partition coefficient (Wildman–Crippen LogP) is -6.41. The molecule has 0 aliphatic heterocycles. The van der Waals surface area contributed by atoms with Gasteiger partial charge in [0.25, 0.3) is 0 Å². The van der Waals surface area contributed by atoms with E-state index in [9.17, 15) is 8.78 Å². The molecule has 0 saturated heterocycles. The molecule has 0 spiro atoms. The summed E-state index contributed by atoms with van der Waals surface area (Å²) >= 11 is 0. The second-order valence-corrected chi connectivity index (χ2v) is 7.99. The van der Waals surface area contributed by atoms with Gasteiger partial charge in [0.05, 0.1) is 31.4 Å². The van der Waals surface area contributed by atoms with E-state index in [4.69, 9.17) is 0 Å². The molecule has 1 rings (SSSR count). The van der Waals surface area contributed by atoms with Crippen molar-refractivity contribution in [2.45, 2.75) is 32.6 Å². The highest BCUT2D eigenvalue weighted by atomic mass is 19.3. The van der Waals surface area contributed by atoms with Gasteiger partial charge in [-0.15, -0.1) is 0 Å². The van der Waals surface area contributed by atoms with Crippen LogP contribution in [-0.2, 0) is 0 Å². The molecule has 1 saturated carbocycles. The van der Waals surface area contributed by atoms with Crippen LogP contribution in [0.4, 0.5) is 8.78 Å². The van der Waals surface area contributed by atoms with Crippen molar-refractivity contribution < 1.29 is 8.78 Å². The van der Waals surface area contributed by atoms with Gasteiger partial charge in [0, 0.05) is 0 Å². The Morgan fingerprint density at radius 2 is 0.882 bits per heavy atom. The highest BCUT2D eigenvalue weighted by molar-refractivity contribution is 6.64. The van der Waals surface area contributed by atoms with Crippen molar-refractivity contribution in [1.29, 1.82) is 0 Å². The van der Waals surface area contributed by atoms with Crippen LogP contribution >= 0.6 is 0 Å². The van der Waals surface area contributed by atoms with E-state index in [2.05, 4.69) is 7.85 Å². The Balaban J connectivity index is 3.56. The summed E-state index contributed by atoms with van der Waals surface area (Å²) < 4.78 is 29.8. The second kappa shape index (κ2) is 3.51. The Morgan fingerprint density at radius 1 is 0.647 bits per heavy atom. The third-order valence-electron chi connectivity index (χ3n) is 6.96. The Hall–Kier alpha value is 0.444. The van der Waals surface area contributed by atoms with Crippen molar-refractivity contribution in [1.82, 2.24) is 0 Å². The zero-order valence-electron chi connectivity index (χ0n) is 12.8. The Morgan fingerprint density at radius 3 is 1.12 bits per heavy atom. The van der Waals surface area contributed by atoms with E-state index < -0.39 is 26.8 Å². The van der Waals surface area contributed by atoms with Crippen LogP contribution in [0, 0.1) is 0 Å². The quantitative estimate of drug-likeness (QED) is 0.361. The number of rotatable bonds is 0. The molecule has 0 aromatic rings. The lowest BCUT2D eigenvalue weighted by Gasteiger charge is -2.69. The van der Waals surface area contributed by atoms with E-state index >= 15 is 0 Å². The van der Waals surface area contributed by atoms with Crippen LogP contribution in [-0.4, -0.2) is 76.5 Å². The summed E-state index contributed by atoms with van der Waals surface area (Å²) in [6, 6.07) is 0. The summed E-state index contributed by atoms with van der Waals surface area (Å²) in [5, 5.41) is -2.79. The van der Waals surface area contributed by atoms with Crippen LogP contribution in [0.5, 0.6) is 0 Å². The van der Waals surface area contributed by atoms with E-state index in [-0.39, 0.29) is 5.82 Å². The summed E-state index contributed by atoms with van der Waals surface area (Å²) in [7, 11) is 17.0. The third kappa shape index (κ3) is 1.46. The highest BCUT2D eigenvalue weighted by Crippen LogP contribution is 2.78. The summed E-state index contributed by atoms with van der Waals surface area (Å²) in [5.74, 6) is -2.45. The molecular formula is C6H19B9F2. The Kier molecular flexibility index (Phi) is 3.20. The van der Waals surface area contributed by atoms with Crippen LogP contribution in [0.25, 0.3) is 0 Å². The van der Waals surface area contributed by atoms with Gasteiger partial charge < -0.3 is 0 Å². The van der Waals surface area contributed by atoms with Gasteiger partial charge in [-0.25, -0.2) is 8.78 Å². The van der Waals surface area contributed by atoms with Gasteiger partial charge in [0.2, 0.25) is 5.92 Å². The third-order valence-corrected chi connectivity index (χ3v) is 6.96. The van der Waals surface area contributed by atoms with Gasteiger partial charge in [-0.05, 0) is 10.4 Å². The zero-order chi connectivity index (χ0) is 14.1. The minimum atomic E-state index is -2.68. The first-order chi connectivity index (χ1) is 7.15. The molecule has 0 aromatic heterocycles. The summed E-state index contributed by atoms with van der Waals surface area (Å²) in [5.41, 5.74) is 0. The van der Waals surface area contributed by atoms with Gasteiger partial charge in [0.15, 0.2) is 0 Å². The molecule has 1 fully saturated rings. The summed E-state index contributed by atoms with van der Waals surface area (Å²) in [6.07, 6.45) is 0. The van der Waals surface area contributed by atoms with Gasteiger partial charge >= 0.3 is 0 Å². The number of alkyl halides is 2. The second-order valence-electron chi connectivity index (χ2n) is 7.99. The molecule has 11 heteroatoms. The minimum Gasteiger partial charge on any atom is -0.209 e. The molecule has 84 valence electrons. The standard InChI is InChI=1S/C6H19B9F2/c7-1-2(8,9)4(12,13)6(16,17)5(14,15)3(1,10)11/h1H,7-15H2. The van der Waals surface area contributed by atoms with E-state index in [1.165, 1.54) is 0 Å². The molecule has 0 heterocycles. The average molecular weight is 227 g/mol. The van der Waals surface area contributed by atoms with Crippen LogP contribution in [0.15, 0.2) is 0 Å². The fraction of sp³-hybridized carbons (Fsp3) is 1.00. The average Bonchev–Trinajstić information content (AvgIpc) is 2.13. The normalized spacial score (nSPS) is 32.8. The van der Waals surface area contributed by atoms with Crippen molar-refractivity contribution in [2.24, 2.45) is 0 Å². The topological polar surface area (TPSA) is 0 Å². The lowest BCUT2D eigenvalue weighted by atomic mass is 9.07. The Labute approximate surface area is 112 Å². The van der Waals surface area contributed by atoms with Crippen molar-refractivity contribution in [3.8, 4) is 0 Å². The molecule has 1 aliphatic rings. The van der Waals surface area contributed by atoms with Crippen LogP contribution in [0.3, 0.4) is 0 Å². The molecule has 0 unspecified atom stereocenters. The maximum Gasteiger partial charge on any atom is 0.230 e. The maximum atomic E-state index is 14.9. The number of hydrogen-bond donors (Lipinski definition) is 0. The predicted molar refractivity (Wildman–Crippen MR) is 96.4 cm³/mol. The fourth-order valence-electron chi connectivity index (χ4n) is 3.58. The summed E-state index contributed by atoms with van der Waals surface area (Å²) in [6.45, 7) is 0. The van der Waals surface area contributed by atoms with Crippen molar-refractivity contribution in [3.63, 3.8) is 0 Å². The monoisotopic (exact) mass is 228 g/mol. The van der Waals surface area contributed by atoms with Crippen molar-refractivity contribution in [2.75, 3.05) is 0 Å². The summed E-state index contributed by atoms with van der Waals surface area (Å²) in [4.78, 5) is 0. The van der Waals surface area contributed by atoms with Gasteiger partial charge in [-0.3, -0.25) is 0 Å². The lowest BCUT2D eigenvalue weighted by Crippen LogP contribution is -2.65. The highest BCUT2D eigenvalue weighted by Gasteiger charge is 2.71. The van der Waals surface area contributed by atoms with E-state index in [0.717, 1.165) is 0 Å². The molecule has 0 amide bonds. The minimum absolute atomic E-state index is 0.236. The zero-order valence-corrected chi connectivity index (χ0v) is 12.8. The fourth-order valence-corrected chi connectivity index (χ4v) is 3.58. The first-order valence-corrected chi connectivity index (χ1v) is 6.53. The van der Waals surface area contributed by atoms with Crippen LogP contribution in [0.2, 0.25) is 26.7 Å². The van der Waals surface area contributed by atoms with Crippen LogP contribution < -0.4 is 0 Å². The van der Waals surface area contributed by atoms with Gasteiger partial charge in [-0.2, -0.15) is 0 Å². The molecular weight excluding hydrogens is 207 g/mol. The van der Waals surface area contributed by atoms with Crippen molar-refractivity contribution in [3.05, 3.63) is 0 Å². The van der Waals surface area contributed by atoms with Gasteiger partial charge in [-0.1, -0.05) is 16.2 Å². The van der Waals surface area contributed by atoms with E-state index in [1.807, 2.05) is 31.4 Å². The molecule has 1 aliphatic carbocycles. The first kappa shape index (κ1) is 15.5. The Bertz CT molecular complexity index is 306. The first-order valence-electron chi connectivity index (χ1n) is 6.53. The molecule has 0 bridgehead atoms. The molecule has 0 atom stereocenters.